The Labute approximate surface area is 234 Å². The summed E-state index contributed by atoms with van der Waals surface area (Å²) in [5, 5.41) is 4.85. The van der Waals surface area contributed by atoms with E-state index in [4.69, 9.17) is 34.7 Å². The molecule has 2 aromatic carbocycles. The Hall–Kier alpha value is -3.74. The molecule has 186 valence electrons. The molecule has 4 N–H and O–H groups in total. The molecule has 0 radical (unpaired) electrons. The van der Waals surface area contributed by atoms with Gasteiger partial charge in [0.05, 0.1) is 22.8 Å². The van der Waals surface area contributed by atoms with Crippen LogP contribution in [0.25, 0.3) is 44.3 Å². The molecule has 6 nitrogen and oxygen atoms in total. The number of rotatable bonds is 2. The summed E-state index contributed by atoms with van der Waals surface area (Å²) in [6.45, 7) is 0. The van der Waals surface area contributed by atoms with Crippen molar-refractivity contribution in [2.75, 3.05) is 11.5 Å². The molecular weight excluding hydrogens is 555 g/mol. The summed E-state index contributed by atoms with van der Waals surface area (Å²) in [7, 11) is 0. The van der Waals surface area contributed by atoms with Crippen LogP contribution in [-0.4, -0.2) is 19.9 Å². The Balaban J connectivity index is 0.000000168. The number of nitrogen functional groups attached to an aromatic ring is 2. The molecule has 0 saturated heterocycles. The number of halogens is 2. The second-order valence-electron chi connectivity index (χ2n) is 7.89. The molecule has 0 saturated carbocycles. The molecule has 0 aliphatic carbocycles. The average Bonchev–Trinajstić information content (AvgIpc) is 2.91. The van der Waals surface area contributed by atoms with Crippen molar-refractivity contribution in [1.82, 2.24) is 19.9 Å². The zero-order valence-corrected chi connectivity index (χ0v) is 21.7. The third kappa shape index (κ3) is 5.66. The van der Waals surface area contributed by atoms with Gasteiger partial charge in [-0.3, -0.25) is 9.97 Å². The van der Waals surface area contributed by atoms with Gasteiger partial charge in [-0.1, -0.05) is 59.6 Å². The predicted octanol–water partition coefficient (Wildman–Crippen LogP) is 7.06. The van der Waals surface area contributed by atoms with Gasteiger partial charge in [0.25, 0.3) is 0 Å². The molecule has 4 heterocycles. The van der Waals surface area contributed by atoms with Crippen molar-refractivity contribution in [1.29, 1.82) is 0 Å². The third-order valence-corrected chi connectivity index (χ3v) is 6.22. The van der Waals surface area contributed by atoms with Crippen LogP contribution >= 0.6 is 23.2 Å². The molecule has 4 aromatic heterocycles. The second kappa shape index (κ2) is 11.5. The Bertz CT molecular complexity index is 1560. The Morgan fingerprint density at radius 2 is 0.919 bits per heavy atom. The number of hydrogen-bond donors (Lipinski definition) is 2. The molecule has 0 unspecified atom stereocenters. The van der Waals surface area contributed by atoms with E-state index < -0.39 is 0 Å². The number of fused-ring (bicyclic) bond motifs is 2. The summed E-state index contributed by atoms with van der Waals surface area (Å²) in [5.41, 5.74) is 15.0. The number of anilines is 2. The van der Waals surface area contributed by atoms with Crippen molar-refractivity contribution in [2.45, 2.75) is 0 Å². The minimum atomic E-state index is 0. The Kier molecular flexibility index (Phi) is 8.21. The maximum Gasteiger partial charge on any atom is 1.00 e. The van der Waals surface area contributed by atoms with Gasteiger partial charge in [0, 0.05) is 44.0 Å². The van der Waals surface area contributed by atoms with Crippen molar-refractivity contribution in [3.8, 4) is 22.8 Å². The molecule has 0 aliphatic rings. The minimum absolute atomic E-state index is 0. The summed E-state index contributed by atoms with van der Waals surface area (Å²) < 4.78 is 0. The largest absolute Gasteiger partial charge is 1.00 e. The Morgan fingerprint density at radius 3 is 1.30 bits per heavy atom. The van der Waals surface area contributed by atoms with Gasteiger partial charge >= 0.3 is 17.1 Å². The summed E-state index contributed by atoms with van der Waals surface area (Å²) in [4.78, 5) is 17.3. The van der Waals surface area contributed by atoms with Crippen molar-refractivity contribution < 1.29 is 17.1 Å². The van der Waals surface area contributed by atoms with Gasteiger partial charge in [0.2, 0.25) is 0 Å². The molecule has 0 atom stereocenters. The number of hydrogen-bond acceptors (Lipinski definition) is 6. The van der Waals surface area contributed by atoms with E-state index in [0.717, 1.165) is 44.3 Å². The van der Waals surface area contributed by atoms with Crippen LogP contribution in [0.2, 0.25) is 10.0 Å². The molecule has 9 heteroatoms. The van der Waals surface area contributed by atoms with E-state index in [-0.39, 0.29) is 17.1 Å². The first-order valence-corrected chi connectivity index (χ1v) is 11.8. The molecular formula is C28H20Cl2CuN6+. The summed E-state index contributed by atoms with van der Waals surface area (Å²) in [6, 6.07) is 26.4. The van der Waals surface area contributed by atoms with Gasteiger partial charge < -0.3 is 11.5 Å². The van der Waals surface area contributed by atoms with Crippen molar-refractivity contribution in [2.24, 2.45) is 0 Å². The van der Waals surface area contributed by atoms with Crippen LogP contribution in [0.15, 0.2) is 97.3 Å². The zero-order valence-electron chi connectivity index (χ0n) is 19.2. The Morgan fingerprint density at radius 1 is 0.486 bits per heavy atom. The molecule has 0 aliphatic heterocycles. The third-order valence-electron chi connectivity index (χ3n) is 5.56. The standard InChI is InChI=1S/2C14H10ClN3.Cu/c2*15-11-5-3-4-9-10(11)8-13(18-14(9)16)12-6-1-2-7-17-12;/h2*1-8H,(H2,16,18);/q;;+1. The number of benzene rings is 2. The van der Waals surface area contributed by atoms with Gasteiger partial charge in [-0.2, -0.15) is 0 Å². The van der Waals surface area contributed by atoms with Crippen molar-refractivity contribution in [3.05, 3.63) is 107 Å². The predicted molar refractivity (Wildman–Crippen MR) is 149 cm³/mol. The molecule has 6 rings (SSSR count). The van der Waals surface area contributed by atoms with Gasteiger partial charge in [0.15, 0.2) is 0 Å². The van der Waals surface area contributed by atoms with E-state index >= 15 is 0 Å². The van der Waals surface area contributed by atoms with E-state index in [2.05, 4.69) is 19.9 Å². The van der Waals surface area contributed by atoms with Gasteiger partial charge in [-0.05, 0) is 48.5 Å². The number of nitrogens with zero attached hydrogens (tertiary/aromatic N) is 4. The number of aromatic nitrogens is 4. The quantitative estimate of drug-likeness (QED) is 0.215. The maximum absolute atomic E-state index is 6.18. The molecule has 0 amide bonds. The monoisotopic (exact) mass is 573 g/mol. The SMILES string of the molecule is Nc1nc(-c2ccccn2)cc2c(Cl)cccc12.Nc1nc(-c2ccccn2)cc2c(Cl)cccc12.[Cu+]. The van der Waals surface area contributed by atoms with Crippen LogP contribution < -0.4 is 11.5 Å². The van der Waals surface area contributed by atoms with Gasteiger partial charge in [0.1, 0.15) is 11.6 Å². The number of nitrogens with two attached hydrogens (primary N) is 2. The summed E-state index contributed by atoms with van der Waals surface area (Å²) in [6.07, 6.45) is 3.45. The van der Waals surface area contributed by atoms with Crippen LogP contribution in [-0.2, 0) is 17.1 Å². The summed E-state index contributed by atoms with van der Waals surface area (Å²) in [5.74, 6) is 0.936. The van der Waals surface area contributed by atoms with Crippen molar-refractivity contribution in [3.63, 3.8) is 0 Å². The fraction of sp³-hybridized carbons (Fsp3) is 0. The van der Waals surface area contributed by atoms with Gasteiger partial charge in [-0.15, -0.1) is 0 Å². The molecule has 6 aromatic rings. The first-order chi connectivity index (χ1) is 17.5. The van der Waals surface area contributed by atoms with E-state index in [1.165, 1.54) is 0 Å². The van der Waals surface area contributed by atoms with E-state index in [0.29, 0.717) is 21.7 Å². The van der Waals surface area contributed by atoms with Crippen LogP contribution in [0, 0.1) is 0 Å². The van der Waals surface area contributed by atoms with Crippen LogP contribution in [0.1, 0.15) is 0 Å². The molecule has 0 spiro atoms. The number of pyridine rings is 4. The maximum atomic E-state index is 6.18. The second-order valence-corrected chi connectivity index (χ2v) is 8.70. The van der Waals surface area contributed by atoms with E-state index in [1.54, 1.807) is 12.4 Å². The smallest absolute Gasteiger partial charge is 0.383 e. The van der Waals surface area contributed by atoms with Crippen LogP contribution in [0.5, 0.6) is 0 Å². The topological polar surface area (TPSA) is 104 Å². The van der Waals surface area contributed by atoms with E-state index in [9.17, 15) is 0 Å². The molecule has 37 heavy (non-hydrogen) atoms. The minimum Gasteiger partial charge on any atom is -0.383 e. The first kappa shape index (κ1) is 26.3. The van der Waals surface area contributed by atoms with E-state index in [1.807, 2.05) is 84.9 Å². The van der Waals surface area contributed by atoms with Crippen LogP contribution in [0.4, 0.5) is 11.6 Å². The summed E-state index contributed by atoms with van der Waals surface area (Å²) >= 11 is 12.4. The normalized spacial score (nSPS) is 10.4. The van der Waals surface area contributed by atoms with Crippen LogP contribution in [0.3, 0.4) is 0 Å². The molecule has 0 bridgehead atoms. The first-order valence-electron chi connectivity index (χ1n) is 11.0. The van der Waals surface area contributed by atoms with Gasteiger partial charge in [-0.25, -0.2) is 9.97 Å². The fourth-order valence-electron chi connectivity index (χ4n) is 3.82. The molecule has 0 fully saturated rings. The average molecular weight is 575 g/mol. The zero-order chi connectivity index (χ0) is 25.1. The van der Waals surface area contributed by atoms with Crippen molar-refractivity contribution >= 4 is 56.4 Å². The fourth-order valence-corrected chi connectivity index (χ4v) is 4.28.